The van der Waals surface area contributed by atoms with E-state index in [9.17, 15) is 4.79 Å². The maximum atomic E-state index is 12.0. The maximum Gasteiger partial charge on any atom is 0.187 e. The van der Waals surface area contributed by atoms with Gasteiger partial charge in [0.25, 0.3) is 0 Å². The van der Waals surface area contributed by atoms with E-state index in [2.05, 4.69) is 12.0 Å². The summed E-state index contributed by atoms with van der Waals surface area (Å²) in [5, 5.41) is 0. The van der Waals surface area contributed by atoms with Gasteiger partial charge in [-0.1, -0.05) is 6.07 Å². The molecule has 0 aromatic carbocycles. The van der Waals surface area contributed by atoms with Gasteiger partial charge >= 0.3 is 0 Å². The number of ketones is 1. The van der Waals surface area contributed by atoms with Crippen molar-refractivity contribution in [3.05, 3.63) is 30.1 Å². The highest BCUT2D eigenvalue weighted by molar-refractivity contribution is 5.94. The average Bonchev–Trinajstić information content (AvgIpc) is 2.33. The lowest BCUT2D eigenvalue weighted by Gasteiger charge is -2.28. The van der Waals surface area contributed by atoms with E-state index in [1.54, 1.807) is 12.3 Å². The van der Waals surface area contributed by atoms with E-state index in [1.165, 1.54) is 30.7 Å². The molecule has 0 saturated carbocycles. The molecular formula is C13H19N2O+. The minimum Gasteiger partial charge on any atom is -0.335 e. The topological polar surface area (TPSA) is 34.4 Å². The van der Waals surface area contributed by atoms with Crippen LogP contribution in [0.25, 0.3) is 0 Å². The molecule has 0 aliphatic carbocycles. The minimum absolute atomic E-state index is 0.187. The zero-order valence-electron chi connectivity index (χ0n) is 9.78. The summed E-state index contributed by atoms with van der Waals surface area (Å²) < 4.78 is 0. The van der Waals surface area contributed by atoms with Crippen molar-refractivity contribution < 1.29 is 9.69 Å². The average molecular weight is 219 g/mol. The van der Waals surface area contributed by atoms with Crippen LogP contribution in [0.3, 0.4) is 0 Å². The number of hydrogen-bond donors (Lipinski definition) is 1. The highest BCUT2D eigenvalue weighted by Crippen LogP contribution is 2.09. The van der Waals surface area contributed by atoms with Crippen molar-refractivity contribution in [2.75, 3.05) is 13.6 Å². The van der Waals surface area contributed by atoms with Crippen LogP contribution in [0, 0.1) is 0 Å². The van der Waals surface area contributed by atoms with Crippen LogP contribution < -0.4 is 4.90 Å². The second kappa shape index (κ2) is 5.21. The molecule has 2 rings (SSSR count). The Morgan fingerprint density at radius 3 is 3.06 bits per heavy atom. The van der Waals surface area contributed by atoms with E-state index >= 15 is 0 Å². The monoisotopic (exact) mass is 219 g/mol. The van der Waals surface area contributed by atoms with Crippen LogP contribution in [-0.4, -0.2) is 30.4 Å². The van der Waals surface area contributed by atoms with Gasteiger partial charge in [-0.3, -0.25) is 9.78 Å². The third-order valence-corrected chi connectivity index (χ3v) is 3.45. The first-order chi connectivity index (χ1) is 7.77. The Morgan fingerprint density at radius 2 is 2.38 bits per heavy atom. The number of piperidine rings is 1. The fourth-order valence-electron chi connectivity index (χ4n) is 2.38. The molecular weight excluding hydrogens is 200 g/mol. The summed E-state index contributed by atoms with van der Waals surface area (Å²) in [7, 11) is 2.19. The first-order valence-corrected chi connectivity index (χ1v) is 6.04. The summed E-state index contributed by atoms with van der Waals surface area (Å²) in [6.45, 7) is 1.19. The number of nitrogens with zero attached hydrogens (tertiary/aromatic N) is 1. The van der Waals surface area contributed by atoms with Crippen LogP contribution in [0.4, 0.5) is 0 Å². The molecule has 1 N–H and O–H groups in total. The van der Waals surface area contributed by atoms with Gasteiger partial charge in [0.15, 0.2) is 5.78 Å². The highest BCUT2D eigenvalue weighted by atomic mass is 16.1. The van der Waals surface area contributed by atoms with Gasteiger partial charge in [-0.25, -0.2) is 0 Å². The summed E-state index contributed by atoms with van der Waals surface area (Å²) in [6.07, 6.45) is 6.05. The fraction of sp³-hybridized carbons (Fsp3) is 0.538. The second-order valence-electron chi connectivity index (χ2n) is 4.63. The number of Topliss-reactive ketones (excluding diaryl/α,β-unsaturated/α-hetero) is 1. The lowest BCUT2D eigenvalue weighted by Crippen LogP contribution is -3.13. The molecule has 3 heteroatoms. The van der Waals surface area contributed by atoms with Gasteiger partial charge < -0.3 is 4.90 Å². The summed E-state index contributed by atoms with van der Waals surface area (Å²) in [4.78, 5) is 17.6. The van der Waals surface area contributed by atoms with Crippen LogP contribution in [0.2, 0.25) is 0 Å². The molecule has 86 valence electrons. The predicted octanol–water partition coefficient (Wildman–Crippen LogP) is 0.722. The summed E-state index contributed by atoms with van der Waals surface area (Å²) in [5.74, 6) is 0.187. The molecule has 2 unspecified atom stereocenters. The number of likely N-dealkylation sites (tertiary alicyclic amines) is 1. The Hall–Kier alpha value is -1.22. The number of hydrogen-bond acceptors (Lipinski definition) is 2. The number of carbonyl (C=O) groups excluding carboxylic acids is 1. The van der Waals surface area contributed by atoms with Gasteiger partial charge in [0.05, 0.1) is 26.1 Å². The Labute approximate surface area is 96.5 Å². The van der Waals surface area contributed by atoms with Crippen LogP contribution >= 0.6 is 0 Å². The highest BCUT2D eigenvalue weighted by Gasteiger charge is 2.25. The zero-order chi connectivity index (χ0) is 11.4. The quantitative estimate of drug-likeness (QED) is 0.760. The van der Waals surface area contributed by atoms with Crippen LogP contribution in [0.15, 0.2) is 24.4 Å². The zero-order valence-corrected chi connectivity index (χ0v) is 9.78. The molecule has 1 aromatic rings. The molecule has 2 heterocycles. The standard InChI is InChI=1S/C13H18N2O/c1-15-9-5-3-6-11(15)10-13(16)12-7-2-4-8-14-12/h2,4,7-8,11H,3,5-6,9-10H2,1H3/p+1. The van der Waals surface area contributed by atoms with E-state index in [-0.39, 0.29) is 5.78 Å². The minimum atomic E-state index is 0.187. The van der Waals surface area contributed by atoms with Crippen molar-refractivity contribution in [3.8, 4) is 0 Å². The van der Waals surface area contributed by atoms with Gasteiger partial charge in [-0.15, -0.1) is 0 Å². The Kier molecular flexibility index (Phi) is 3.67. The molecule has 16 heavy (non-hydrogen) atoms. The first kappa shape index (κ1) is 11.3. The lowest BCUT2D eigenvalue weighted by molar-refractivity contribution is -0.910. The van der Waals surface area contributed by atoms with Crippen molar-refractivity contribution in [1.82, 2.24) is 4.98 Å². The van der Waals surface area contributed by atoms with Gasteiger partial charge in [-0.2, -0.15) is 0 Å². The fourth-order valence-corrected chi connectivity index (χ4v) is 2.38. The van der Waals surface area contributed by atoms with Gasteiger partial charge in [0, 0.05) is 12.6 Å². The summed E-state index contributed by atoms with van der Waals surface area (Å²) in [5.41, 5.74) is 0.612. The number of rotatable bonds is 3. The maximum absolute atomic E-state index is 12.0. The Bertz CT molecular complexity index is 350. The van der Waals surface area contributed by atoms with Crippen LogP contribution in [0.1, 0.15) is 36.2 Å². The molecule has 3 nitrogen and oxygen atoms in total. The number of pyridine rings is 1. The second-order valence-corrected chi connectivity index (χ2v) is 4.63. The molecule has 1 aromatic heterocycles. The van der Waals surface area contributed by atoms with E-state index in [1.807, 2.05) is 12.1 Å². The molecule has 1 fully saturated rings. The Morgan fingerprint density at radius 1 is 1.50 bits per heavy atom. The van der Waals surface area contributed by atoms with Crippen molar-refractivity contribution in [2.45, 2.75) is 31.7 Å². The smallest absolute Gasteiger partial charge is 0.187 e. The molecule has 0 radical (unpaired) electrons. The number of carbonyl (C=O) groups is 1. The SMILES string of the molecule is C[NH+]1CCCCC1CC(=O)c1ccccn1. The number of nitrogens with one attached hydrogen (secondary N) is 1. The molecule has 1 aliphatic rings. The van der Waals surface area contributed by atoms with Gasteiger partial charge in [-0.05, 0) is 25.0 Å². The summed E-state index contributed by atoms with van der Waals surface area (Å²) in [6, 6.07) is 6.01. The van der Waals surface area contributed by atoms with Gasteiger partial charge in [0.2, 0.25) is 0 Å². The molecule has 1 aliphatic heterocycles. The van der Waals surface area contributed by atoms with Crippen molar-refractivity contribution >= 4 is 5.78 Å². The summed E-state index contributed by atoms with van der Waals surface area (Å²) >= 11 is 0. The van der Waals surface area contributed by atoms with Crippen molar-refractivity contribution in [1.29, 1.82) is 0 Å². The largest absolute Gasteiger partial charge is 0.335 e. The van der Waals surface area contributed by atoms with Gasteiger partial charge in [0.1, 0.15) is 5.69 Å². The van der Waals surface area contributed by atoms with E-state index in [0.717, 1.165) is 0 Å². The molecule has 0 amide bonds. The van der Waals surface area contributed by atoms with Crippen LogP contribution in [0.5, 0.6) is 0 Å². The molecule has 1 saturated heterocycles. The Balaban J connectivity index is 1.96. The number of quaternary nitrogens is 1. The van der Waals surface area contributed by atoms with E-state index < -0.39 is 0 Å². The number of aromatic nitrogens is 1. The van der Waals surface area contributed by atoms with Crippen LogP contribution in [-0.2, 0) is 0 Å². The lowest BCUT2D eigenvalue weighted by atomic mass is 9.97. The van der Waals surface area contributed by atoms with E-state index in [0.29, 0.717) is 18.2 Å². The van der Waals surface area contributed by atoms with Crippen molar-refractivity contribution in [3.63, 3.8) is 0 Å². The van der Waals surface area contributed by atoms with Crippen molar-refractivity contribution in [2.24, 2.45) is 0 Å². The molecule has 0 spiro atoms. The van der Waals surface area contributed by atoms with E-state index in [4.69, 9.17) is 0 Å². The molecule has 0 bridgehead atoms. The normalized spacial score (nSPS) is 25.3. The third kappa shape index (κ3) is 2.67. The first-order valence-electron chi connectivity index (χ1n) is 6.04. The third-order valence-electron chi connectivity index (χ3n) is 3.45. The molecule has 2 atom stereocenters. The predicted molar refractivity (Wildman–Crippen MR) is 62.6 cm³/mol.